The lowest BCUT2D eigenvalue weighted by Crippen LogP contribution is -2.41. The number of amides is 1. The molecule has 3 aromatic heterocycles. The Hall–Kier alpha value is -3.07. The molecule has 9 heteroatoms. The van der Waals surface area contributed by atoms with Crippen molar-refractivity contribution in [1.82, 2.24) is 25.3 Å². The Morgan fingerprint density at radius 2 is 2.00 bits per heavy atom. The molecule has 1 aliphatic heterocycles. The highest BCUT2D eigenvalue weighted by Gasteiger charge is 2.25. The quantitative estimate of drug-likeness (QED) is 0.585. The van der Waals surface area contributed by atoms with Gasteiger partial charge in [-0.1, -0.05) is 6.07 Å². The number of nitrogens with zero attached hydrogens (tertiary/aromatic N) is 5. The third-order valence-corrected chi connectivity index (χ3v) is 6.14. The number of nitrogens with one attached hydrogen (secondary N) is 1. The molecule has 156 valence electrons. The van der Waals surface area contributed by atoms with E-state index in [1.807, 2.05) is 29.6 Å². The van der Waals surface area contributed by atoms with E-state index in [1.54, 1.807) is 23.6 Å². The molecule has 0 atom stereocenters. The summed E-state index contributed by atoms with van der Waals surface area (Å²) in [5.41, 5.74) is 0.763. The van der Waals surface area contributed by atoms with E-state index in [0.717, 1.165) is 42.3 Å². The number of hydrogen-bond acceptors (Lipinski definition) is 7. The van der Waals surface area contributed by atoms with Gasteiger partial charge in [-0.25, -0.2) is 4.68 Å². The first-order valence-electron chi connectivity index (χ1n) is 10.1. The molecule has 1 fully saturated rings. The zero-order valence-electron chi connectivity index (χ0n) is 16.6. The van der Waals surface area contributed by atoms with Gasteiger partial charge in [0.25, 0.3) is 5.56 Å². The van der Waals surface area contributed by atoms with Crippen LogP contribution in [-0.4, -0.2) is 45.5 Å². The van der Waals surface area contributed by atoms with E-state index < -0.39 is 0 Å². The normalized spacial score (nSPS) is 14.6. The average Bonchev–Trinajstić information content (AvgIpc) is 3.33. The van der Waals surface area contributed by atoms with Crippen molar-refractivity contribution in [2.24, 2.45) is 5.92 Å². The summed E-state index contributed by atoms with van der Waals surface area (Å²) in [4.78, 5) is 27.4. The van der Waals surface area contributed by atoms with E-state index in [9.17, 15) is 9.59 Å². The summed E-state index contributed by atoms with van der Waals surface area (Å²) < 4.78 is 1.41. The Morgan fingerprint density at radius 1 is 1.13 bits per heavy atom. The van der Waals surface area contributed by atoms with Crippen molar-refractivity contribution in [2.75, 3.05) is 24.5 Å². The van der Waals surface area contributed by atoms with E-state index >= 15 is 0 Å². The summed E-state index contributed by atoms with van der Waals surface area (Å²) in [7, 11) is 0. The summed E-state index contributed by atoms with van der Waals surface area (Å²) >= 11 is 1.65. The van der Waals surface area contributed by atoms with Crippen LogP contribution in [0.1, 0.15) is 19.3 Å². The first kappa shape index (κ1) is 20.2. The first-order chi connectivity index (χ1) is 14.7. The molecular weight excluding hydrogens is 400 g/mol. The molecule has 0 aromatic carbocycles. The van der Waals surface area contributed by atoms with E-state index in [2.05, 4.69) is 25.5 Å². The monoisotopic (exact) mass is 424 g/mol. The van der Waals surface area contributed by atoms with Crippen LogP contribution in [0.2, 0.25) is 0 Å². The second-order valence-electron chi connectivity index (χ2n) is 7.25. The van der Waals surface area contributed by atoms with Crippen molar-refractivity contribution < 1.29 is 4.79 Å². The van der Waals surface area contributed by atoms with Gasteiger partial charge in [0.2, 0.25) is 5.91 Å². The molecule has 4 rings (SSSR count). The van der Waals surface area contributed by atoms with Crippen molar-refractivity contribution in [3.63, 3.8) is 0 Å². The highest BCUT2D eigenvalue weighted by Crippen LogP contribution is 2.25. The maximum absolute atomic E-state index is 12.5. The molecule has 30 heavy (non-hydrogen) atoms. The summed E-state index contributed by atoms with van der Waals surface area (Å²) in [5, 5.41) is 17.8. The molecular formula is C21H24N6O2S. The van der Waals surface area contributed by atoms with E-state index in [0.29, 0.717) is 19.5 Å². The number of piperidine rings is 1. The molecule has 1 aliphatic rings. The summed E-state index contributed by atoms with van der Waals surface area (Å²) in [6, 6.07) is 11.1. The first-order valence-corrected chi connectivity index (χ1v) is 11.0. The highest BCUT2D eigenvalue weighted by molar-refractivity contribution is 7.13. The van der Waals surface area contributed by atoms with Gasteiger partial charge < -0.3 is 10.2 Å². The fourth-order valence-electron chi connectivity index (χ4n) is 3.56. The Labute approximate surface area is 178 Å². The Bertz CT molecular complexity index is 1010. The Kier molecular flexibility index (Phi) is 6.48. The molecule has 1 saturated heterocycles. The largest absolute Gasteiger partial charge is 0.356 e. The number of rotatable bonds is 7. The smallest absolute Gasteiger partial charge is 0.266 e. The molecule has 0 radical (unpaired) electrons. The predicted molar refractivity (Wildman–Crippen MR) is 116 cm³/mol. The van der Waals surface area contributed by atoms with Crippen molar-refractivity contribution in [2.45, 2.75) is 25.8 Å². The fourth-order valence-corrected chi connectivity index (χ4v) is 4.25. The van der Waals surface area contributed by atoms with Crippen LogP contribution in [0.25, 0.3) is 10.6 Å². The number of thiophene rings is 1. The van der Waals surface area contributed by atoms with Crippen molar-refractivity contribution in [3.05, 3.63) is 58.3 Å². The highest BCUT2D eigenvalue weighted by atomic mass is 32.1. The second kappa shape index (κ2) is 9.62. The zero-order chi connectivity index (χ0) is 20.8. The Morgan fingerprint density at radius 3 is 2.70 bits per heavy atom. The average molecular weight is 425 g/mol. The number of carbonyl (C=O) groups excluding carboxylic acids is 1. The summed E-state index contributed by atoms with van der Waals surface area (Å²) in [5.74, 6) is 0.953. The third kappa shape index (κ3) is 4.91. The minimum absolute atomic E-state index is 0.0113. The van der Waals surface area contributed by atoms with Gasteiger partial charge in [0.05, 0.1) is 4.88 Å². The Balaban J connectivity index is 1.21. The van der Waals surface area contributed by atoms with E-state index in [-0.39, 0.29) is 17.4 Å². The summed E-state index contributed by atoms with van der Waals surface area (Å²) in [6.45, 7) is 2.61. The number of aromatic nitrogens is 4. The number of anilines is 1. The maximum Gasteiger partial charge on any atom is 0.266 e. The lowest BCUT2D eigenvalue weighted by Gasteiger charge is -2.31. The van der Waals surface area contributed by atoms with E-state index in [4.69, 9.17) is 0 Å². The summed E-state index contributed by atoms with van der Waals surface area (Å²) in [6.07, 6.45) is 3.85. The van der Waals surface area contributed by atoms with Crippen molar-refractivity contribution in [1.29, 1.82) is 0 Å². The maximum atomic E-state index is 12.5. The van der Waals surface area contributed by atoms with Crippen LogP contribution in [0.5, 0.6) is 0 Å². The molecule has 0 saturated carbocycles. The number of aryl methyl sites for hydroxylation is 1. The van der Waals surface area contributed by atoms with Gasteiger partial charge in [-0.3, -0.25) is 9.59 Å². The number of carbonyl (C=O) groups is 1. The van der Waals surface area contributed by atoms with Gasteiger partial charge in [-0.05, 0) is 48.9 Å². The molecule has 0 unspecified atom stereocenters. The van der Waals surface area contributed by atoms with Crippen LogP contribution in [0, 0.1) is 5.92 Å². The number of hydrogen-bond donors (Lipinski definition) is 1. The predicted octanol–water partition coefficient (Wildman–Crippen LogP) is 2.18. The third-order valence-electron chi connectivity index (χ3n) is 5.25. The van der Waals surface area contributed by atoms with Crippen molar-refractivity contribution in [3.8, 4) is 10.6 Å². The minimum Gasteiger partial charge on any atom is -0.356 e. The molecule has 1 N–H and O–H groups in total. The second-order valence-corrected chi connectivity index (χ2v) is 8.19. The molecule has 4 heterocycles. The van der Waals surface area contributed by atoms with Gasteiger partial charge in [0.15, 0.2) is 5.82 Å². The van der Waals surface area contributed by atoms with Crippen LogP contribution in [0.3, 0.4) is 0 Å². The van der Waals surface area contributed by atoms with Gasteiger partial charge in [0.1, 0.15) is 5.69 Å². The molecule has 0 aliphatic carbocycles. The van der Waals surface area contributed by atoms with Crippen LogP contribution in [0.4, 0.5) is 5.82 Å². The molecule has 0 spiro atoms. The van der Waals surface area contributed by atoms with Crippen LogP contribution in [0.15, 0.2) is 52.8 Å². The van der Waals surface area contributed by atoms with Gasteiger partial charge >= 0.3 is 0 Å². The van der Waals surface area contributed by atoms with Gasteiger partial charge in [0, 0.05) is 44.4 Å². The van der Waals surface area contributed by atoms with Crippen LogP contribution < -0.4 is 15.8 Å². The van der Waals surface area contributed by atoms with Crippen LogP contribution in [-0.2, 0) is 11.3 Å². The van der Waals surface area contributed by atoms with Gasteiger partial charge in [-0.2, -0.15) is 5.10 Å². The topological polar surface area (TPSA) is 93.0 Å². The molecule has 8 nitrogen and oxygen atoms in total. The van der Waals surface area contributed by atoms with Gasteiger partial charge in [-0.15, -0.1) is 21.5 Å². The molecule has 0 bridgehead atoms. The SMILES string of the molecule is O=C(NCCCn1ncccc1=O)C1CCN(c2ccc(-c3cccs3)nn2)CC1. The fraction of sp³-hybridized carbons (Fsp3) is 0.381. The van der Waals surface area contributed by atoms with E-state index in [1.165, 1.54) is 10.7 Å². The van der Waals surface area contributed by atoms with Crippen molar-refractivity contribution >= 4 is 23.1 Å². The zero-order valence-corrected chi connectivity index (χ0v) is 17.4. The minimum atomic E-state index is -0.122. The van der Waals surface area contributed by atoms with Crippen LogP contribution >= 0.6 is 11.3 Å². The molecule has 1 amide bonds. The standard InChI is InChI=1S/C21H24N6O2S/c28-20-5-1-11-23-27(20)12-3-10-22-21(29)16-8-13-26(14-9-16)19-7-6-17(24-25-19)18-4-2-15-30-18/h1-2,4-7,11,15-16H,3,8-10,12-14H2,(H,22,29). The lowest BCUT2D eigenvalue weighted by molar-refractivity contribution is -0.125. The molecule has 3 aromatic rings. The lowest BCUT2D eigenvalue weighted by atomic mass is 9.96.